The molecule has 0 unspecified atom stereocenters. The smallest absolute Gasteiger partial charge is 0.200 e. The van der Waals surface area contributed by atoms with E-state index in [1.165, 1.54) is 20.5 Å². The Labute approximate surface area is 119 Å². The van der Waals surface area contributed by atoms with Gasteiger partial charge in [0.2, 0.25) is 5.75 Å². The van der Waals surface area contributed by atoms with Crippen LogP contribution in [0.1, 0.15) is 5.56 Å². The highest BCUT2D eigenvalue weighted by atomic mass is 32.2. The molecular formula is C13H21NO5S. The molecule has 0 heterocycles. The summed E-state index contributed by atoms with van der Waals surface area (Å²) in [6.07, 6.45) is 1.22. The summed E-state index contributed by atoms with van der Waals surface area (Å²) in [7, 11) is 1.78. The Morgan fingerprint density at radius 3 is 2.10 bits per heavy atom. The first kappa shape index (κ1) is 16.6. The fourth-order valence-electron chi connectivity index (χ4n) is 1.75. The molecule has 0 fully saturated rings. The molecule has 0 aliphatic rings. The van der Waals surface area contributed by atoms with E-state index in [2.05, 4.69) is 0 Å². The molecule has 0 aromatic heterocycles. The zero-order valence-electron chi connectivity index (χ0n) is 12.2. The summed E-state index contributed by atoms with van der Waals surface area (Å²) in [6, 6.07) is 3.41. The lowest BCUT2D eigenvalue weighted by molar-refractivity contribution is 0.328. The molecule has 1 N–H and O–H groups in total. The molecule has 6 nitrogen and oxygen atoms in total. The van der Waals surface area contributed by atoms with Crippen molar-refractivity contribution in [3.8, 4) is 17.2 Å². The molecule has 0 spiro atoms. The molecule has 1 aromatic carbocycles. The van der Waals surface area contributed by atoms with Crippen molar-refractivity contribution < 1.29 is 23.0 Å². The Morgan fingerprint density at radius 2 is 1.70 bits per heavy atom. The third kappa shape index (κ3) is 4.90. The summed E-state index contributed by atoms with van der Waals surface area (Å²) in [5, 5.41) is 9.81. The SMILES string of the molecule is COc1cc(CN(C)CCS(C)(=O)=O)cc(OC)c1O. The Bertz CT molecular complexity index is 531. The summed E-state index contributed by atoms with van der Waals surface area (Å²) in [6.45, 7) is 0.965. The minimum Gasteiger partial charge on any atom is -0.502 e. The molecule has 0 bridgehead atoms. The van der Waals surface area contributed by atoms with Gasteiger partial charge in [0.15, 0.2) is 11.5 Å². The van der Waals surface area contributed by atoms with Crippen LogP contribution < -0.4 is 9.47 Å². The van der Waals surface area contributed by atoms with Crippen LogP contribution >= 0.6 is 0 Å². The van der Waals surface area contributed by atoms with Crippen molar-refractivity contribution in [1.82, 2.24) is 4.90 Å². The van der Waals surface area contributed by atoms with E-state index >= 15 is 0 Å². The maximum Gasteiger partial charge on any atom is 0.200 e. The Morgan fingerprint density at radius 1 is 1.20 bits per heavy atom. The van der Waals surface area contributed by atoms with Crippen LogP contribution in [0.3, 0.4) is 0 Å². The number of aromatic hydroxyl groups is 1. The fourth-order valence-corrected chi connectivity index (χ4v) is 2.39. The van der Waals surface area contributed by atoms with Crippen LogP contribution in [0.2, 0.25) is 0 Å². The highest BCUT2D eigenvalue weighted by Crippen LogP contribution is 2.37. The van der Waals surface area contributed by atoms with Crippen LogP contribution in [0.5, 0.6) is 17.2 Å². The van der Waals surface area contributed by atoms with Crippen LogP contribution in [0, 0.1) is 0 Å². The lowest BCUT2D eigenvalue weighted by atomic mass is 10.1. The highest BCUT2D eigenvalue weighted by Gasteiger charge is 2.13. The average Bonchev–Trinajstić information content (AvgIpc) is 2.37. The van der Waals surface area contributed by atoms with E-state index < -0.39 is 9.84 Å². The summed E-state index contributed by atoms with van der Waals surface area (Å²) < 4.78 is 32.4. The van der Waals surface area contributed by atoms with Gasteiger partial charge in [-0.1, -0.05) is 0 Å². The lowest BCUT2D eigenvalue weighted by Gasteiger charge is -2.18. The van der Waals surface area contributed by atoms with Crippen molar-refractivity contribution in [2.75, 3.05) is 39.8 Å². The molecule has 0 amide bonds. The van der Waals surface area contributed by atoms with Gasteiger partial charge >= 0.3 is 0 Å². The molecule has 7 heteroatoms. The number of hydrogen-bond donors (Lipinski definition) is 1. The van der Waals surface area contributed by atoms with Gasteiger partial charge < -0.3 is 19.5 Å². The third-order valence-corrected chi connectivity index (χ3v) is 3.76. The normalized spacial score (nSPS) is 11.7. The standard InChI is InChI=1S/C13H21NO5S/c1-14(5-6-20(4,16)17)9-10-7-11(18-2)13(15)12(8-10)19-3/h7-8,15H,5-6,9H2,1-4H3. The minimum absolute atomic E-state index is 0.0439. The van der Waals surface area contributed by atoms with Gasteiger partial charge in [0.25, 0.3) is 0 Å². The Hall–Kier alpha value is -1.47. The van der Waals surface area contributed by atoms with Crippen molar-refractivity contribution in [3.63, 3.8) is 0 Å². The van der Waals surface area contributed by atoms with Gasteiger partial charge in [-0.2, -0.15) is 0 Å². The summed E-state index contributed by atoms with van der Waals surface area (Å²) in [4.78, 5) is 1.88. The van der Waals surface area contributed by atoms with Gasteiger partial charge in [0.05, 0.1) is 20.0 Å². The quantitative estimate of drug-likeness (QED) is 0.806. The van der Waals surface area contributed by atoms with Crippen molar-refractivity contribution in [1.29, 1.82) is 0 Å². The van der Waals surface area contributed by atoms with Crippen LogP contribution in [-0.2, 0) is 16.4 Å². The van der Waals surface area contributed by atoms with Gasteiger partial charge in [-0.25, -0.2) is 8.42 Å². The number of phenolic OH excluding ortho intramolecular Hbond substituents is 1. The van der Waals surface area contributed by atoms with Gasteiger partial charge in [-0.05, 0) is 24.7 Å². The molecule has 0 aliphatic carbocycles. The summed E-state index contributed by atoms with van der Waals surface area (Å²) in [5.74, 6) is 0.722. The van der Waals surface area contributed by atoms with E-state index in [9.17, 15) is 13.5 Å². The molecule has 114 valence electrons. The summed E-state index contributed by atoms with van der Waals surface area (Å²) >= 11 is 0. The molecule has 0 radical (unpaired) electrons. The number of phenols is 1. The van der Waals surface area contributed by atoms with E-state index in [4.69, 9.17) is 9.47 Å². The number of nitrogens with zero attached hydrogens (tertiary/aromatic N) is 1. The monoisotopic (exact) mass is 303 g/mol. The molecule has 0 atom stereocenters. The third-order valence-electron chi connectivity index (χ3n) is 2.84. The van der Waals surface area contributed by atoms with Crippen molar-refractivity contribution in [2.45, 2.75) is 6.54 Å². The highest BCUT2D eigenvalue weighted by molar-refractivity contribution is 7.90. The van der Waals surface area contributed by atoms with Gasteiger partial charge in [0, 0.05) is 19.3 Å². The Balaban J connectivity index is 2.81. The molecule has 1 rings (SSSR count). The van der Waals surface area contributed by atoms with E-state index in [-0.39, 0.29) is 11.5 Å². The van der Waals surface area contributed by atoms with E-state index in [1.54, 1.807) is 12.1 Å². The zero-order valence-corrected chi connectivity index (χ0v) is 13.0. The molecule has 0 aliphatic heterocycles. The average molecular weight is 303 g/mol. The molecule has 20 heavy (non-hydrogen) atoms. The van der Waals surface area contributed by atoms with Crippen LogP contribution in [0.15, 0.2) is 12.1 Å². The first-order valence-corrected chi connectivity index (χ1v) is 8.13. The predicted molar refractivity (Wildman–Crippen MR) is 77.3 cm³/mol. The number of methoxy groups -OCH3 is 2. The van der Waals surface area contributed by atoms with Crippen molar-refractivity contribution in [3.05, 3.63) is 17.7 Å². The molecular weight excluding hydrogens is 282 g/mol. The Kier molecular flexibility index (Phi) is 5.64. The number of sulfone groups is 1. The second kappa shape index (κ2) is 6.81. The first-order chi connectivity index (χ1) is 9.26. The second-order valence-corrected chi connectivity index (χ2v) is 6.98. The predicted octanol–water partition coefficient (Wildman–Crippen LogP) is 0.886. The second-order valence-electron chi connectivity index (χ2n) is 4.72. The van der Waals surface area contributed by atoms with Crippen molar-refractivity contribution in [2.24, 2.45) is 0 Å². The van der Waals surface area contributed by atoms with Gasteiger partial charge in [-0.15, -0.1) is 0 Å². The van der Waals surface area contributed by atoms with Crippen LogP contribution in [0.4, 0.5) is 0 Å². The van der Waals surface area contributed by atoms with Gasteiger partial charge in [-0.3, -0.25) is 0 Å². The summed E-state index contributed by atoms with van der Waals surface area (Å²) in [5.41, 5.74) is 0.868. The fraction of sp³-hybridized carbons (Fsp3) is 0.538. The first-order valence-electron chi connectivity index (χ1n) is 6.07. The number of ether oxygens (including phenoxy) is 2. The molecule has 0 saturated heterocycles. The topological polar surface area (TPSA) is 76.1 Å². The van der Waals surface area contributed by atoms with E-state index in [1.807, 2.05) is 11.9 Å². The molecule has 1 aromatic rings. The minimum atomic E-state index is -2.97. The number of hydrogen-bond acceptors (Lipinski definition) is 6. The zero-order chi connectivity index (χ0) is 15.3. The molecule has 0 saturated carbocycles. The van der Waals surface area contributed by atoms with E-state index in [0.717, 1.165) is 5.56 Å². The largest absolute Gasteiger partial charge is 0.502 e. The van der Waals surface area contributed by atoms with Crippen molar-refractivity contribution >= 4 is 9.84 Å². The number of rotatable bonds is 7. The van der Waals surface area contributed by atoms with Crippen LogP contribution in [-0.4, -0.2) is 58.2 Å². The van der Waals surface area contributed by atoms with Gasteiger partial charge in [0.1, 0.15) is 9.84 Å². The maximum atomic E-state index is 11.1. The lowest BCUT2D eigenvalue weighted by Crippen LogP contribution is -2.24. The van der Waals surface area contributed by atoms with E-state index in [0.29, 0.717) is 24.6 Å². The number of benzene rings is 1. The maximum absolute atomic E-state index is 11.1. The van der Waals surface area contributed by atoms with Crippen LogP contribution in [0.25, 0.3) is 0 Å².